The van der Waals surface area contributed by atoms with E-state index < -0.39 is 28.0 Å². The molecule has 1 amide bonds. The van der Waals surface area contributed by atoms with E-state index in [0.717, 1.165) is 6.42 Å². The van der Waals surface area contributed by atoms with Crippen LogP contribution in [-0.4, -0.2) is 43.2 Å². The molecule has 0 spiro atoms. The second kappa shape index (κ2) is 8.98. The zero-order valence-electron chi connectivity index (χ0n) is 16.2. The highest BCUT2D eigenvalue weighted by Gasteiger charge is 2.22. The van der Waals surface area contributed by atoms with Crippen LogP contribution in [0, 0.1) is 0 Å². The molecule has 0 aliphatic carbocycles. The number of sulfonamides is 1. The molecule has 2 atom stereocenters. The number of hydrogen-bond acceptors (Lipinski definition) is 6. The summed E-state index contributed by atoms with van der Waals surface area (Å²) in [6.45, 7) is 5.41. The van der Waals surface area contributed by atoms with E-state index in [9.17, 15) is 18.0 Å². The predicted octanol–water partition coefficient (Wildman–Crippen LogP) is 1.95. The van der Waals surface area contributed by atoms with E-state index in [0.29, 0.717) is 5.82 Å². The maximum atomic E-state index is 12.4. The molecule has 0 saturated heterocycles. The molecular formula is C18H24N4O5S. The van der Waals surface area contributed by atoms with Crippen molar-refractivity contribution < 1.29 is 22.7 Å². The Hall–Kier alpha value is -2.72. The summed E-state index contributed by atoms with van der Waals surface area (Å²) in [6.07, 6.45) is 1.32. The Labute approximate surface area is 164 Å². The molecule has 0 saturated carbocycles. The molecule has 0 unspecified atom stereocenters. The van der Waals surface area contributed by atoms with Gasteiger partial charge in [-0.05, 0) is 45.5 Å². The molecule has 0 aliphatic heterocycles. The number of carbonyl (C=O) groups is 2. The van der Waals surface area contributed by atoms with Crippen LogP contribution in [0.15, 0.2) is 41.4 Å². The van der Waals surface area contributed by atoms with Crippen LogP contribution in [0.2, 0.25) is 0 Å². The average molecular weight is 408 g/mol. The molecule has 0 radical (unpaired) electrons. The quantitative estimate of drug-likeness (QED) is 0.644. The number of aromatic nitrogens is 2. The number of rotatable bonds is 8. The Morgan fingerprint density at radius 3 is 2.61 bits per heavy atom. The van der Waals surface area contributed by atoms with Crippen molar-refractivity contribution >= 4 is 27.7 Å². The normalized spacial score (nSPS) is 13.6. The summed E-state index contributed by atoms with van der Waals surface area (Å²) < 4.78 is 32.8. The van der Waals surface area contributed by atoms with Crippen molar-refractivity contribution in [3.8, 4) is 0 Å². The molecule has 0 bridgehead atoms. The topological polar surface area (TPSA) is 119 Å². The first-order chi connectivity index (χ1) is 13.2. The average Bonchev–Trinajstić information content (AvgIpc) is 3.15. The van der Waals surface area contributed by atoms with Crippen LogP contribution < -0.4 is 10.0 Å². The van der Waals surface area contributed by atoms with Gasteiger partial charge in [-0.3, -0.25) is 4.79 Å². The maximum Gasteiger partial charge on any atom is 0.338 e. The standard InChI is InChI=1S/C18H24N4O5S/c1-5-12(2)22-16(9-10-20-22)21-17(23)13(3)27-18(24)14-7-6-8-15(11-14)28(25,26)19-4/h6-13,19H,5H2,1-4H3,(H,21,23)/t12-,13-/m0/s1. The van der Waals surface area contributed by atoms with Gasteiger partial charge in [-0.25, -0.2) is 22.6 Å². The van der Waals surface area contributed by atoms with Crippen LogP contribution >= 0.6 is 0 Å². The van der Waals surface area contributed by atoms with E-state index in [1.807, 2.05) is 13.8 Å². The molecule has 10 heteroatoms. The lowest BCUT2D eigenvalue weighted by atomic mass is 10.2. The SMILES string of the molecule is CC[C@H](C)n1nccc1NC(=O)[C@H](C)OC(=O)c1cccc(S(=O)(=O)NC)c1. The molecule has 28 heavy (non-hydrogen) atoms. The van der Waals surface area contributed by atoms with Crippen LogP contribution in [0.3, 0.4) is 0 Å². The van der Waals surface area contributed by atoms with E-state index in [4.69, 9.17) is 4.74 Å². The van der Waals surface area contributed by atoms with Crippen LogP contribution in [0.1, 0.15) is 43.6 Å². The van der Waals surface area contributed by atoms with E-state index in [2.05, 4.69) is 15.1 Å². The summed E-state index contributed by atoms with van der Waals surface area (Å²) in [5.74, 6) is -0.812. The molecule has 0 fully saturated rings. The van der Waals surface area contributed by atoms with Gasteiger partial charge in [0.25, 0.3) is 5.91 Å². The largest absolute Gasteiger partial charge is 0.449 e. The van der Waals surface area contributed by atoms with Gasteiger partial charge in [0.2, 0.25) is 10.0 Å². The van der Waals surface area contributed by atoms with Gasteiger partial charge in [0, 0.05) is 6.07 Å². The molecule has 1 aromatic carbocycles. The van der Waals surface area contributed by atoms with Crippen molar-refractivity contribution in [3.05, 3.63) is 42.1 Å². The molecule has 152 valence electrons. The maximum absolute atomic E-state index is 12.4. The Kier molecular flexibility index (Phi) is 6.92. The first-order valence-electron chi connectivity index (χ1n) is 8.78. The fourth-order valence-corrected chi connectivity index (χ4v) is 3.13. The van der Waals surface area contributed by atoms with Crippen LogP contribution in [-0.2, 0) is 19.6 Å². The highest BCUT2D eigenvalue weighted by Crippen LogP contribution is 2.17. The fraction of sp³-hybridized carbons (Fsp3) is 0.389. The molecule has 2 aromatic rings. The molecule has 1 aromatic heterocycles. The number of benzene rings is 1. The molecule has 2 N–H and O–H groups in total. The predicted molar refractivity (Wildman–Crippen MR) is 103 cm³/mol. The lowest BCUT2D eigenvalue weighted by molar-refractivity contribution is -0.123. The molecule has 9 nitrogen and oxygen atoms in total. The lowest BCUT2D eigenvalue weighted by Gasteiger charge is -2.17. The minimum Gasteiger partial charge on any atom is -0.449 e. The summed E-state index contributed by atoms with van der Waals surface area (Å²) in [5.41, 5.74) is 0.0284. The van der Waals surface area contributed by atoms with Gasteiger partial charge >= 0.3 is 5.97 Å². The van der Waals surface area contributed by atoms with Gasteiger partial charge in [-0.2, -0.15) is 5.10 Å². The van der Waals surface area contributed by atoms with E-state index >= 15 is 0 Å². The van der Waals surface area contributed by atoms with Crippen molar-refractivity contribution in [2.24, 2.45) is 0 Å². The molecular weight excluding hydrogens is 384 g/mol. The van der Waals surface area contributed by atoms with Gasteiger partial charge < -0.3 is 10.1 Å². The van der Waals surface area contributed by atoms with Gasteiger partial charge in [-0.15, -0.1) is 0 Å². The van der Waals surface area contributed by atoms with Crippen molar-refractivity contribution in [2.45, 2.75) is 44.2 Å². The molecule has 1 heterocycles. The lowest BCUT2D eigenvalue weighted by Crippen LogP contribution is -2.31. The zero-order valence-corrected chi connectivity index (χ0v) is 17.0. The highest BCUT2D eigenvalue weighted by molar-refractivity contribution is 7.89. The number of ether oxygens (including phenoxy) is 1. The summed E-state index contributed by atoms with van der Waals surface area (Å²) in [7, 11) is -2.42. The number of hydrogen-bond donors (Lipinski definition) is 2. The van der Waals surface area contributed by atoms with Gasteiger partial charge in [-0.1, -0.05) is 13.0 Å². The number of anilines is 1. The van der Waals surface area contributed by atoms with Gasteiger partial charge in [0.15, 0.2) is 6.10 Å². The van der Waals surface area contributed by atoms with E-state index in [1.165, 1.54) is 38.2 Å². The molecule has 2 rings (SSSR count). The van der Waals surface area contributed by atoms with Crippen molar-refractivity contribution in [3.63, 3.8) is 0 Å². The second-order valence-electron chi connectivity index (χ2n) is 6.19. The number of esters is 1. The third-order valence-electron chi connectivity index (χ3n) is 4.23. The Bertz CT molecular complexity index is 954. The van der Waals surface area contributed by atoms with Crippen LogP contribution in [0.25, 0.3) is 0 Å². The minimum absolute atomic E-state index is 0.0284. The van der Waals surface area contributed by atoms with Crippen molar-refractivity contribution in [2.75, 3.05) is 12.4 Å². The monoisotopic (exact) mass is 408 g/mol. The van der Waals surface area contributed by atoms with E-state index in [1.54, 1.807) is 16.9 Å². The van der Waals surface area contributed by atoms with Gasteiger partial charge in [0.05, 0.1) is 22.7 Å². The second-order valence-corrected chi connectivity index (χ2v) is 8.08. The number of nitrogens with zero attached hydrogens (tertiary/aromatic N) is 2. The van der Waals surface area contributed by atoms with Crippen LogP contribution in [0.5, 0.6) is 0 Å². The Morgan fingerprint density at radius 2 is 1.96 bits per heavy atom. The van der Waals surface area contributed by atoms with E-state index in [-0.39, 0.29) is 16.5 Å². The first-order valence-corrected chi connectivity index (χ1v) is 10.3. The summed E-state index contributed by atoms with van der Waals surface area (Å²) in [4.78, 5) is 24.6. The highest BCUT2D eigenvalue weighted by atomic mass is 32.2. The number of nitrogens with one attached hydrogen (secondary N) is 2. The Balaban J connectivity index is 2.07. The number of amides is 1. The summed E-state index contributed by atoms with van der Waals surface area (Å²) >= 11 is 0. The first kappa shape index (κ1) is 21.6. The number of carbonyl (C=O) groups excluding carboxylic acids is 2. The Morgan fingerprint density at radius 1 is 1.25 bits per heavy atom. The summed E-state index contributed by atoms with van der Waals surface area (Å²) in [6, 6.07) is 7.15. The summed E-state index contributed by atoms with van der Waals surface area (Å²) in [5, 5.41) is 6.87. The smallest absolute Gasteiger partial charge is 0.338 e. The molecule has 0 aliphatic rings. The van der Waals surface area contributed by atoms with Crippen LogP contribution in [0.4, 0.5) is 5.82 Å². The zero-order chi connectivity index (χ0) is 20.9. The third-order valence-corrected chi connectivity index (χ3v) is 5.64. The van der Waals surface area contributed by atoms with Crippen molar-refractivity contribution in [1.29, 1.82) is 0 Å². The minimum atomic E-state index is -3.70. The van der Waals surface area contributed by atoms with Crippen molar-refractivity contribution in [1.82, 2.24) is 14.5 Å². The van der Waals surface area contributed by atoms with Gasteiger partial charge in [0.1, 0.15) is 5.82 Å². The third kappa shape index (κ3) is 4.96. The fourth-order valence-electron chi connectivity index (χ4n) is 2.36.